The fraction of sp³-hybridized carbons (Fsp3) is 0.0820. The van der Waals surface area contributed by atoms with Crippen LogP contribution in [0.15, 0.2) is 131 Å². The molecule has 0 heterocycles. The number of benzene rings is 8. The number of carbonyl (C=O) groups excluding carboxylic acids is 8. The van der Waals surface area contributed by atoms with Gasteiger partial charge in [0.1, 0.15) is 53.0 Å². The van der Waals surface area contributed by atoms with Crippen LogP contribution in [0.25, 0.3) is 0 Å². The summed E-state index contributed by atoms with van der Waals surface area (Å²) in [6, 6.07) is 29.4. The lowest BCUT2D eigenvalue weighted by atomic mass is 9.82. The van der Waals surface area contributed by atoms with Crippen LogP contribution in [-0.2, 0) is 20.2 Å². The molecule has 8 aromatic rings. The van der Waals surface area contributed by atoms with E-state index in [2.05, 4.69) is 0 Å². The Morgan fingerprint density at radius 1 is 0.294 bits per heavy atom. The summed E-state index contributed by atoms with van der Waals surface area (Å²) in [5.41, 5.74) is -0.327. The molecule has 0 spiro atoms. The van der Waals surface area contributed by atoms with Gasteiger partial charge in [-0.3, -0.25) is 38.4 Å². The summed E-state index contributed by atoms with van der Waals surface area (Å²) in [6.07, 6.45) is 0. The molecule has 8 aromatic carbocycles. The highest BCUT2D eigenvalue weighted by atomic mass is 32.2. The van der Waals surface area contributed by atoms with E-state index in [9.17, 15) is 105 Å². The monoisotopic (exact) mass is 1190 g/mol. The van der Waals surface area contributed by atoms with Crippen molar-refractivity contribution in [2.24, 2.45) is 0 Å². The number of carbonyl (C=O) groups is 8. The Hall–Kier alpha value is -10.7. The number of ketones is 8. The maximum absolute atomic E-state index is 12.4. The molecule has 0 aliphatic heterocycles. The molecule has 85 heavy (non-hydrogen) atoms. The third-order valence-corrected chi connectivity index (χ3v) is 15.2. The van der Waals surface area contributed by atoms with Crippen molar-refractivity contribution in [3.8, 4) is 46.0 Å². The highest BCUT2D eigenvalue weighted by Gasteiger charge is 2.40. The van der Waals surface area contributed by atoms with E-state index < -0.39 is 116 Å². The van der Waals surface area contributed by atoms with Crippen LogP contribution in [0.5, 0.6) is 46.0 Å². The van der Waals surface area contributed by atoms with Gasteiger partial charge in [-0.05, 0) is 43.2 Å². The Bertz CT molecular complexity index is 4550. The van der Waals surface area contributed by atoms with Crippen molar-refractivity contribution >= 4 is 66.5 Å². The van der Waals surface area contributed by atoms with Crippen molar-refractivity contribution < 1.29 is 105 Å². The number of aryl methyl sites for hydroxylation is 2. The molecule has 0 radical (unpaired) electrons. The highest BCUT2D eigenvalue weighted by molar-refractivity contribution is 7.86. The van der Waals surface area contributed by atoms with Gasteiger partial charge in [0.15, 0.2) is 69.3 Å². The standard InChI is InChI=1S/C15H10O4.C15H10O3.C14H8O8S.C14H8O7S.3CH4/c1-7-6-10(16)11-12(13(7)17)15(19)9-5-3-2-4-8(9)14(11)18;1-8-6-7-11-12(13(8)16)15(18)10-5-3-2-4-9(10)14(11)17;15-9-5-3-1-2-4-6(5)10(16)8-7(9)11(17)13(19)14(12(8)18)23(20,21)22;15-11-6-3-1-2-4-7(6)12(16)10-8(11)5-9(22(19,20)21)13(17)14(10)18;;;/h2-6,16-17H,1H3;2-7,16H,1H3;1-4,17-19H,(H,20,21,22);1-5,17-18H,(H,19,20,21);3*1H4/p-2. The molecule has 436 valence electrons. The molecule has 0 saturated heterocycles. The van der Waals surface area contributed by atoms with Crippen LogP contribution >= 0.6 is 0 Å². The molecule has 4 aliphatic carbocycles. The topological polar surface area (TPSA) is 413 Å². The molecule has 4 aliphatic rings. The zero-order chi connectivity index (χ0) is 59.9. The summed E-state index contributed by atoms with van der Waals surface area (Å²) in [5, 5.41) is 78.9. The molecule has 0 aromatic heterocycles. The molecular formula is C61H46O22S2-2. The van der Waals surface area contributed by atoms with E-state index in [0.717, 1.165) is 0 Å². The number of aromatic hydroxyl groups is 8. The van der Waals surface area contributed by atoms with Gasteiger partial charge in [-0.2, -0.15) is 0 Å². The van der Waals surface area contributed by atoms with E-state index in [1.807, 2.05) is 0 Å². The van der Waals surface area contributed by atoms with Gasteiger partial charge in [0.05, 0.1) is 33.4 Å². The third-order valence-electron chi connectivity index (χ3n) is 13.5. The summed E-state index contributed by atoms with van der Waals surface area (Å²) in [7, 11) is -10.5. The number of rotatable bonds is 2. The molecule has 0 fully saturated rings. The van der Waals surface area contributed by atoms with E-state index in [0.29, 0.717) is 28.3 Å². The van der Waals surface area contributed by atoms with E-state index in [1.54, 1.807) is 62.4 Å². The first-order valence-electron chi connectivity index (χ1n) is 23.5. The van der Waals surface area contributed by atoms with Crippen LogP contribution in [0, 0.1) is 13.8 Å². The van der Waals surface area contributed by atoms with Crippen LogP contribution in [0.2, 0.25) is 0 Å². The molecule has 22 nitrogen and oxygen atoms in total. The number of phenols is 8. The molecule has 0 bridgehead atoms. The van der Waals surface area contributed by atoms with Crippen molar-refractivity contribution in [2.75, 3.05) is 0 Å². The fourth-order valence-electron chi connectivity index (χ4n) is 9.57. The average molecular weight is 1200 g/mol. The number of fused-ring (bicyclic) bond motifs is 8. The summed E-state index contributed by atoms with van der Waals surface area (Å²) >= 11 is 0. The Balaban J connectivity index is 0.000000180. The Kier molecular flexibility index (Phi) is 17.1. The van der Waals surface area contributed by atoms with E-state index in [-0.39, 0.29) is 107 Å². The SMILES string of the molecule is C.C.C.Cc1cc(O)c2c(c1O)C(=O)c1ccccc1C2=O.Cc1ccc2c(c1O)C(=O)c1ccccc1C2=O.O=C1c2ccccc2C(=O)c2c(O)c(S(=O)(=O)[O-])c(O)c(O)c21.O=C1c2ccccc2C(=O)c2c1cc(S(=O)(=O)[O-])c(O)c2O. The van der Waals surface area contributed by atoms with Gasteiger partial charge >= 0.3 is 0 Å². The fourth-order valence-corrected chi connectivity index (χ4v) is 10.8. The smallest absolute Gasteiger partial charge is 0.198 e. The second kappa shape index (κ2) is 22.9. The normalized spacial score (nSPS) is 12.9. The van der Waals surface area contributed by atoms with Gasteiger partial charge in [-0.25, -0.2) is 16.8 Å². The van der Waals surface area contributed by atoms with Crippen LogP contribution in [0.4, 0.5) is 0 Å². The number of phenolic OH excluding ortho intramolecular Hbond substituents is 8. The van der Waals surface area contributed by atoms with E-state index in [4.69, 9.17) is 0 Å². The Morgan fingerprint density at radius 3 is 0.988 bits per heavy atom. The van der Waals surface area contributed by atoms with Crippen LogP contribution in [-0.4, -0.2) is 113 Å². The summed E-state index contributed by atoms with van der Waals surface area (Å²) in [6.45, 7) is 3.27. The Labute approximate surface area is 482 Å². The first kappa shape index (κ1) is 63.5. The summed E-state index contributed by atoms with van der Waals surface area (Å²) in [4.78, 5) is 96.0. The van der Waals surface area contributed by atoms with Crippen LogP contribution in [0.3, 0.4) is 0 Å². The van der Waals surface area contributed by atoms with Gasteiger partial charge in [0.25, 0.3) is 0 Å². The molecule has 0 atom stereocenters. The van der Waals surface area contributed by atoms with Gasteiger partial charge in [0, 0.05) is 55.6 Å². The van der Waals surface area contributed by atoms with Crippen LogP contribution < -0.4 is 0 Å². The van der Waals surface area contributed by atoms with Gasteiger partial charge in [0.2, 0.25) is 0 Å². The summed E-state index contributed by atoms with van der Waals surface area (Å²) < 4.78 is 66.8. The molecule has 12 rings (SSSR count). The van der Waals surface area contributed by atoms with Gasteiger partial charge < -0.3 is 50.0 Å². The lowest BCUT2D eigenvalue weighted by Crippen LogP contribution is -2.22. The quantitative estimate of drug-likeness (QED) is 0.0464. The van der Waals surface area contributed by atoms with Crippen molar-refractivity contribution in [1.82, 2.24) is 0 Å². The Morgan fingerprint density at radius 2 is 0.600 bits per heavy atom. The highest BCUT2D eigenvalue weighted by Crippen LogP contribution is 2.49. The molecule has 8 N–H and O–H groups in total. The lowest BCUT2D eigenvalue weighted by Gasteiger charge is -2.22. The zero-order valence-corrected chi connectivity index (χ0v) is 43.3. The minimum Gasteiger partial charge on any atom is -0.744 e. The first-order valence-corrected chi connectivity index (χ1v) is 26.3. The van der Waals surface area contributed by atoms with E-state index in [1.165, 1.54) is 66.7 Å². The van der Waals surface area contributed by atoms with Crippen molar-refractivity contribution in [2.45, 2.75) is 45.9 Å². The third kappa shape index (κ3) is 10.3. The lowest BCUT2D eigenvalue weighted by molar-refractivity contribution is 0.0972. The number of hydrogen-bond donors (Lipinski definition) is 8. The molecular weight excluding hydrogens is 1150 g/mol. The summed E-state index contributed by atoms with van der Waals surface area (Å²) in [5.74, 6) is -11.8. The van der Waals surface area contributed by atoms with Crippen molar-refractivity contribution in [1.29, 1.82) is 0 Å². The van der Waals surface area contributed by atoms with E-state index >= 15 is 0 Å². The van der Waals surface area contributed by atoms with Gasteiger partial charge in [-0.15, -0.1) is 0 Å². The second-order valence-corrected chi connectivity index (χ2v) is 21.0. The predicted molar refractivity (Wildman–Crippen MR) is 298 cm³/mol. The maximum atomic E-state index is 12.4. The number of hydrogen-bond acceptors (Lipinski definition) is 22. The molecule has 0 amide bonds. The predicted octanol–water partition coefficient (Wildman–Crippen LogP) is 7.83. The maximum Gasteiger partial charge on any atom is 0.198 e. The minimum atomic E-state index is -5.41. The van der Waals surface area contributed by atoms with Crippen LogP contribution in [0.1, 0.15) is 161 Å². The second-order valence-electron chi connectivity index (χ2n) is 18.3. The molecule has 0 saturated carbocycles. The largest absolute Gasteiger partial charge is 0.744 e. The molecule has 0 unspecified atom stereocenters. The van der Waals surface area contributed by atoms with Crippen molar-refractivity contribution in [3.05, 3.63) is 221 Å². The molecule has 24 heteroatoms. The average Bonchev–Trinajstić information content (AvgIpc) is 1.12. The van der Waals surface area contributed by atoms with Gasteiger partial charge in [-0.1, -0.05) is 125 Å². The minimum absolute atomic E-state index is 0. The first-order chi connectivity index (χ1) is 38.5. The zero-order valence-electron chi connectivity index (χ0n) is 41.7. The van der Waals surface area contributed by atoms with Crippen molar-refractivity contribution in [3.63, 3.8) is 0 Å².